The Bertz CT molecular complexity index is 515. The molecule has 0 bridgehead atoms. The lowest BCUT2D eigenvalue weighted by Gasteiger charge is -2.30. The number of carbonyl (C=O) groups is 1. The Hall–Kier alpha value is -1.10. The summed E-state index contributed by atoms with van der Waals surface area (Å²) < 4.78 is 0. The van der Waals surface area contributed by atoms with Crippen LogP contribution < -0.4 is 5.32 Å². The second-order valence-corrected chi connectivity index (χ2v) is 6.40. The molecule has 5 heteroatoms. The van der Waals surface area contributed by atoms with E-state index in [-0.39, 0.29) is 18.3 Å². The summed E-state index contributed by atoms with van der Waals surface area (Å²) in [6.07, 6.45) is 0.603. The molecule has 1 aromatic rings. The van der Waals surface area contributed by atoms with Gasteiger partial charge >= 0.3 is 0 Å². The van der Waals surface area contributed by atoms with E-state index in [1.807, 2.05) is 4.90 Å². The lowest BCUT2D eigenvalue weighted by atomic mass is 9.99. The smallest absolute Gasteiger partial charge is 0.223 e. The van der Waals surface area contributed by atoms with Gasteiger partial charge in [-0.15, -0.1) is 12.4 Å². The van der Waals surface area contributed by atoms with Crippen molar-refractivity contribution in [2.75, 3.05) is 39.8 Å². The molecular formula is C18H30ClN3O. The fourth-order valence-corrected chi connectivity index (χ4v) is 2.99. The molecule has 1 N–H and O–H groups in total. The Labute approximate surface area is 146 Å². The van der Waals surface area contributed by atoms with Crippen LogP contribution in [0.1, 0.15) is 36.1 Å². The molecule has 1 heterocycles. The molecule has 23 heavy (non-hydrogen) atoms. The van der Waals surface area contributed by atoms with Gasteiger partial charge in [0.05, 0.1) is 0 Å². The van der Waals surface area contributed by atoms with Gasteiger partial charge in [0.15, 0.2) is 0 Å². The summed E-state index contributed by atoms with van der Waals surface area (Å²) in [6.45, 7) is 10.8. The zero-order valence-electron chi connectivity index (χ0n) is 14.8. The van der Waals surface area contributed by atoms with Gasteiger partial charge in [-0.2, -0.15) is 0 Å². The van der Waals surface area contributed by atoms with Crippen molar-refractivity contribution in [3.05, 3.63) is 34.9 Å². The van der Waals surface area contributed by atoms with Crippen molar-refractivity contribution in [3.8, 4) is 0 Å². The van der Waals surface area contributed by atoms with Gasteiger partial charge in [-0.1, -0.05) is 23.8 Å². The number of amides is 1. The molecule has 2 rings (SSSR count). The highest BCUT2D eigenvalue weighted by molar-refractivity contribution is 5.85. The predicted octanol–water partition coefficient (Wildman–Crippen LogP) is 2.54. The highest BCUT2D eigenvalue weighted by atomic mass is 35.5. The van der Waals surface area contributed by atoms with Crippen LogP contribution in [0.15, 0.2) is 18.2 Å². The Kier molecular flexibility index (Phi) is 8.03. The van der Waals surface area contributed by atoms with E-state index in [1.165, 1.54) is 16.7 Å². The number of piperazine rings is 1. The molecule has 0 spiro atoms. The molecule has 1 saturated heterocycles. The number of aryl methyl sites for hydroxylation is 2. The third-order valence-electron chi connectivity index (χ3n) is 4.69. The monoisotopic (exact) mass is 339 g/mol. The van der Waals surface area contributed by atoms with Crippen LogP contribution in [0.5, 0.6) is 0 Å². The van der Waals surface area contributed by atoms with E-state index < -0.39 is 0 Å². The summed E-state index contributed by atoms with van der Waals surface area (Å²) in [5.41, 5.74) is 3.97. The Balaban J connectivity index is 0.00000264. The molecule has 1 unspecified atom stereocenters. The predicted molar refractivity (Wildman–Crippen MR) is 98.3 cm³/mol. The van der Waals surface area contributed by atoms with Crippen molar-refractivity contribution < 1.29 is 4.79 Å². The third-order valence-corrected chi connectivity index (χ3v) is 4.69. The molecule has 0 aliphatic carbocycles. The molecule has 1 atom stereocenters. The van der Waals surface area contributed by atoms with Crippen LogP contribution in [0.3, 0.4) is 0 Å². The fourth-order valence-electron chi connectivity index (χ4n) is 2.99. The molecule has 1 aliphatic heterocycles. The molecule has 1 aliphatic rings. The number of hydrogen-bond donors (Lipinski definition) is 1. The first-order valence-corrected chi connectivity index (χ1v) is 8.25. The minimum Gasteiger partial charge on any atom is -0.340 e. The van der Waals surface area contributed by atoms with Crippen molar-refractivity contribution in [3.63, 3.8) is 0 Å². The summed E-state index contributed by atoms with van der Waals surface area (Å²) in [7, 11) is 2.11. The number of nitrogens with zero attached hydrogens (tertiary/aromatic N) is 2. The fraction of sp³-hybridized carbons (Fsp3) is 0.611. The minimum atomic E-state index is 0. The molecule has 0 aromatic heterocycles. The number of nitrogens with one attached hydrogen (secondary N) is 1. The van der Waals surface area contributed by atoms with E-state index >= 15 is 0 Å². The molecule has 0 radical (unpaired) electrons. The first-order chi connectivity index (χ1) is 10.5. The van der Waals surface area contributed by atoms with E-state index in [0.29, 0.717) is 12.5 Å². The second kappa shape index (κ2) is 9.26. The Morgan fingerprint density at radius 2 is 1.96 bits per heavy atom. The summed E-state index contributed by atoms with van der Waals surface area (Å²) in [5, 5.41) is 3.28. The average molecular weight is 340 g/mol. The van der Waals surface area contributed by atoms with Crippen molar-refractivity contribution in [1.29, 1.82) is 0 Å². The van der Waals surface area contributed by atoms with Crippen LogP contribution in [0, 0.1) is 13.8 Å². The quantitative estimate of drug-likeness (QED) is 0.895. The first kappa shape index (κ1) is 19.9. The Morgan fingerprint density at radius 3 is 2.61 bits per heavy atom. The normalized spacial score (nSPS) is 16.1. The van der Waals surface area contributed by atoms with Crippen LogP contribution in [0.2, 0.25) is 0 Å². The van der Waals surface area contributed by atoms with Gasteiger partial charge < -0.3 is 10.2 Å². The van der Waals surface area contributed by atoms with E-state index in [2.05, 4.69) is 56.2 Å². The lowest BCUT2D eigenvalue weighted by Crippen LogP contribution is -2.47. The number of carbonyl (C=O) groups excluding carboxylic acids is 1. The van der Waals surface area contributed by atoms with E-state index in [0.717, 1.165) is 32.7 Å². The highest BCUT2D eigenvalue weighted by Gasteiger charge is 2.19. The van der Waals surface area contributed by atoms with Crippen LogP contribution in [0.4, 0.5) is 0 Å². The van der Waals surface area contributed by atoms with Gasteiger partial charge in [0.1, 0.15) is 0 Å². The summed E-state index contributed by atoms with van der Waals surface area (Å²) in [6, 6.07) is 6.92. The third kappa shape index (κ3) is 5.48. The van der Waals surface area contributed by atoms with Gasteiger partial charge in [0.25, 0.3) is 0 Å². The first-order valence-electron chi connectivity index (χ1n) is 8.25. The molecule has 4 nitrogen and oxygen atoms in total. The zero-order chi connectivity index (χ0) is 16.1. The molecule has 1 fully saturated rings. The van der Waals surface area contributed by atoms with Crippen LogP contribution in [-0.2, 0) is 4.79 Å². The number of benzene rings is 1. The number of halogens is 1. The van der Waals surface area contributed by atoms with Gasteiger partial charge in [0.2, 0.25) is 5.91 Å². The second-order valence-electron chi connectivity index (χ2n) is 6.40. The molecule has 0 saturated carbocycles. The van der Waals surface area contributed by atoms with Gasteiger partial charge in [-0.25, -0.2) is 0 Å². The lowest BCUT2D eigenvalue weighted by molar-refractivity contribution is -0.132. The summed E-state index contributed by atoms with van der Waals surface area (Å²) >= 11 is 0. The molecule has 130 valence electrons. The van der Waals surface area contributed by atoms with Crippen molar-refractivity contribution >= 4 is 18.3 Å². The van der Waals surface area contributed by atoms with Crippen LogP contribution in [0.25, 0.3) is 0 Å². The maximum absolute atomic E-state index is 12.3. The average Bonchev–Trinajstić information content (AvgIpc) is 2.54. The van der Waals surface area contributed by atoms with Crippen molar-refractivity contribution in [2.24, 2.45) is 0 Å². The maximum atomic E-state index is 12.3. The summed E-state index contributed by atoms with van der Waals surface area (Å²) in [5.74, 6) is 0.279. The zero-order valence-corrected chi connectivity index (χ0v) is 15.6. The molecular weight excluding hydrogens is 310 g/mol. The molecule has 1 aromatic carbocycles. The maximum Gasteiger partial charge on any atom is 0.223 e. The topological polar surface area (TPSA) is 35.6 Å². The molecule has 1 amide bonds. The Morgan fingerprint density at radius 1 is 1.30 bits per heavy atom. The van der Waals surface area contributed by atoms with Crippen LogP contribution >= 0.6 is 12.4 Å². The number of rotatable bonds is 5. The minimum absolute atomic E-state index is 0. The van der Waals surface area contributed by atoms with E-state index in [1.54, 1.807) is 0 Å². The van der Waals surface area contributed by atoms with Gasteiger partial charge in [-0.05, 0) is 38.9 Å². The standard InChI is InChI=1S/C18H29N3O.ClH/c1-14-5-6-15(2)17(13-14)16(3)20(4)10-7-18(22)21-11-8-19-9-12-21;/h5-6,13,16,19H,7-12H2,1-4H3;1H. The highest BCUT2D eigenvalue weighted by Crippen LogP contribution is 2.23. The SMILES string of the molecule is Cc1ccc(C)c(C(C)N(C)CCC(=O)N2CCNCC2)c1.Cl. The van der Waals surface area contributed by atoms with Gasteiger partial charge in [-0.3, -0.25) is 9.69 Å². The largest absolute Gasteiger partial charge is 0.340 e. The van der Waals surface area contributed by atoms with Crippen LogP contribution in [-0.4, -0.2) is 55.5 Å². The number of hydrogen-bond acceptors (Lipinski definition) is 3. The summed E-state index contributed by atoms with van der Waals surface area (Å²) in [4.78, 5) is 16.5. The van der Waals surface area contributed by atoms with E-state index in [9.17, 15) is 4.79 Å². The van der Waals surface area contributed by atoms with E-state index in [4.69, 9.17) is 0 Å². The van der Waals surface area contributed by atoms with Gasteiger partial charge in [0, 0.05) is 45.2 Å². The van der Waals surface area contributed by atoms with Crippen molar-refractivity contribution in [2.45, 2.75) is 33.2 Å². The van der Waals surface area contributed by atoms with Crippen molar-refractivity contribution in [1.82, 2.24) is 15.1 Å².